The fourth-order valence-corrected chi connectivity index (χ4v) is 6.27. The van der Waals surface area contributed by atoms with Gasteiger partial charge in [-0.2, -0.15) is 4.31 Å². The van der Waals surface area contributed by atoms with Crippen LogP contribution in [0.5, 0.6) is 0 Å². The molecule has 1 amide bonds. The van der Waals surface area contributed by atoms with Crippen molar-refractivity contribution in [3.8, 4) is 0 Å². The number of amides is 1. The molecule has 1 aromatic carbocycles. The van der Waals surface area contributed by atoms with Crippen LogP contribution in [0.3, 0.4) is 0 Å². The molecule has 1 saturated carbocycles. The van der Waals surface area contributed by atoms with Gasteiger partial charge in [0.15, 0.2) is 6.61 Å². The van der Waals surface area contributed by atoms with Crippen molar-refractivity contribution >= 4 is 21.9 Å². The van der Waals surface area contributed by atoms with E-state index in [2.05, 4.69) is 19.2 Å². The highest BCUT2D eigenvalue weighted by molar-refractivity contribution is 7.89. The lowest BCUT2D eigenvalue weighted by Gasteiger charge is -2.34. The second-order valence-electron chi connectivity index (χ2n) is 8.96. The average molecular weight is 451 g/mol. The number of esters is 1. The zero-order valence-corrected chi connectivity index (χ0v) is 19.5. The van der Waals surface area contributed by atoms with Crippen molar-refractivity contribution < 1.29 is 22.7 Å². The first-order chi connectivity index (χ1) is 14.7. The standard InChI is InChI=1S/C23H34N2O5S/c1-16-8-7-9-20(18(16)3)24-22(26)15-30-23(27)19-11-10-17(2)21(14-19)31(28,29)25-12-5-4-6-13-25/h10-11,14,16,18,20H,4-9,12-13,15H2,1-3H3,(H,24,26)/t16-,18-,20+/m0/s1. The smallest absolute Gasteiger partial charge is 0.338 e. The Kier molecular flexibility index (Phi) is 7.75. The van der Waals surface area contributed by atoms with Gasteiger partial charge in [0.1, 0.15) is 0 Å². The van der Waals surface area contributed by atoms with E-state index in [0.717, 1.165) is 32.1 Å². The number of sulfonamides is 1. The summed E-state index contributed by atoms with van der Waals surface area (Å²) in [6, 6.07) is 4.61. The Morgan fingerprint density at radius 1 is 1.10 bits per heavy atom. The van der Waals surface area contributed by atoms with Crippen molar-refractivity contribution in [1.82, 2.24) is 9.62 Å². The third-order valence-corrected chi connectivity index (χ3v) is 8.78. The molecule has 0 bridgehead atoms. The number of rotatable bonds is 6. The first-order valence-corrected chi connectivity index (χ1v) is 12.7. The Hall–Kier alpha value is -1.93. The van der Waals surface area contributed by atoms with E-state index < -0.39 is 16.0 Å². The summed E-state index contributed by atoms with van der Waals surface area (Å²) in [4.78, 5) is 24.9. The number of carbonyl (C=O) groups is 2. The molecular weight excluding hydrogens is 416 g/mol. The minimum atomic E-state index is -3.66. The first-order valence-electron chi connectivity index (χ1n) is 11.3. The Morgan fingerprint density at radius 3 is 2.52 bits per heavy atom. The molecule has 0 unspecified atom stereocenters. The zero-order chi connectivity index (χ0) is 22.6. The van der Waals surface area contributed by atoms with Gasteiger partial charge < -0.3 is 10.1 Å². The lowest BCUT2D eigenvalue weighted by molar-refractivity contribution is -0.125. The molecule has 0 spiro atoms. The molecule has 1 heterocycles. The van der Waals surface area contributed by atoms with E-state index in [1.165, 1.54) is 22.9 Å². The van der Waals surface area contributed by atoms with Crippen molar-refractivity contribution in [1.29, 1.82) is 0 Å². The second-order valence-corrected chi connectivity index (χ2v) is 10.9. The Bertz CT molecular complexity index is 909. The van der Waals surface area contributed by atoms with Crippen LogP contribution in [0.2, 0.25) is 0 Å². The monoisotopic (exact) mass is 450 g/mol. The van der Waals surface area contributed by atoms with E-state index in [9.17, 15) is 18.0 Å². The molecule has 0 radical (unpaired) electrons. The van der Waals surface area contributed by atoms with Gasteiger partial charge in [-0.15, -0.1) is 0 Å². The molecule has 3 rings (SSSR count). The van der Waals surface area contributed by atoms with Gasteiger partial charge in [-0.3, -0.25) is 4.79 Å². The van der Waals surface area contributed by atoms with Crippen LogP contribution in [-0.2, 0) is 19.6 Å². The molecule has 3 atom stereocenters. The molecule has 1 aliphatic carbocycles. The van der Waals surface area contributed by atoms with Crippen molar-refractivity contribution in [3.05, 3.63) is 29.3 Å². The molecule has 2 aliphatic rings. The van der Waals surface area contributed by atoms with Gasteiger partial charge >= 0.3 is 5.97 Å². The molecule has 1 saturated heterocycles. The molecule has 7 nitrogen and oxygen atoms in total. The van der Waals surface area contributed by atoms with Crippen LogP contribution < -0.4 is 5.32 Å². The summed E-state index contributed by atoms with van der Waals surface area (Å²) >= 11 is 0. The fourth-order valence-electron chi connectivity index (χ4n) is 4.50. The fraction of sp³-hybridized carbons (Fsp3) is 0.652. The van der Waals surface area contributed by atoms with Gasteiger partial charge in [-0.1, -0.05) is 39.2 Å². The molecule has 31 heavy (non-hydrogen) atoms. The van der Waals surface area contributed by atoms with Crippen molar-refractivity contribution in [3.63, 3.8) is 0 Å². The van der Waals surface area contributed by atoms with Crippen molar-refractivity contribution in [2.75, 3.05) is 19.7 Å². The van der Waals surface area contributed by atoms with Gasteiger partial charge in [0, 0.05) is 19.1 Å². The summed E-state index contributed by atoms with van der Waals surface area (Å²) in [5.41, 5.74) is 0.717. The number of nitrogens with zero attached hydrogens (tertiary/aromatic N) is 1. The van der Waals surface area contributed by atoms with Gasteiger partial charge in [-0.25, -0.2) is 13.2 Å². The number of hydrogen-bond donors (Lipinski definition) is 1. The van der Waals surface area contributed by atoms with E-state index in [4.69, 9.17) is 4.74 Å². The van der Waals surface area contributed by atoms with Crippen molar-refractivity contribution in [2.45, 2.75) is 70.2 Å². The van der Waals surface area contributed by atoms with Crippen molar-refractivity contribution in [2.24, 2.45) is 11.8 Å². The summed E-state index contributed by atoms with van der Waals surface area (Å²) in [6.45, 7) is 6.65. The SMILES string of the molecule is Cc1ccc(C(=O)OCC(=O)N[C@@H]2CCC[C@H](C)[C@@H]2C)cc1S(=O)(=O)N1CCCCC1. The summed E-state index contributed by atoms with van der Waals surface area (Å²) in [5.74, 6) is -0.0923. The van der Waals surface area contributed by atoms with Crippen LogP contribution in [0.1, 0.15) is 68.3 Å². The van der Waals surface area contributed by atoms with E-state index in [0.29, 0.717) is 30.5 Å². The topological polar surface area (TPSA) is 92.8 Å². The van der Waals surface area contributed by atoms with Crippen LogP contribution in [0, 0.1) is 18.8 Å². The van der Waals surface area contributed by atoms with Crippen LogP contribution >= 0.6 is 0 Å². The Labute approximate surface area is 185 Å². The maximum atomic E-state index is 13.0. The normalized spacial score (nSPS) is 25.1. The molecular formula is C23H34N2O5S. The zero-order valence-electron chi connectivity index (χ0n) is 18.7. The van der Waals surface area contributed by atoms with Gasteiger partial charge in [0.25, 0.3) is 5.91 Å². The molecule has 2 fully saturated rings. The first kappa shape index (κ1) is 23.7. The van der Waals surface area contributed by atoms with Crippen LogP contribution in [-0.4, -0.2) is 50.3 Å². The summed E-state index contributed by atoms with van der Waals surface area (Å²) < 4.78 is 32.7. The molecule has 1 aromatic rings. The van der Waals surface area contributed by atoms with Gasteiger partial charge in [0.2, 0.25) is 10.0 Å². The largest absolute Gasteiger partial charge is 0.452 e. The van der Waals surface area contributed by atoms with Crippen LogP contribution in [0.25, 0.3) is 0 Å². The van der Waals surface area contributed by atoms with E-state index in [1.54, 1.807) is 13.0 Å². The highest BCUT2D eigenvalue weighted by Gasteiger charge is 2.30. The molecule has 1 aliphatic heterocycles. The number of nitrogens with one attached hydrogen (secondary N) is 1. The maximum Gasteiger partial charge on any atom is 0.338 e. The van der Waals surface area contributed by atoms with Gasteiger partial charge in [-0.05, 0) is 55.7 Å². The molecule has 8 heteroatoms. The summed E-state index contributed by atoms with van der Waals surface area (Å²) in [6.07, 6.45) is 5.88. The third kappa shape index (κ3) is 5.66. The van der Waals surface area contributed by atoms with Crippen LogP contribution in [0.15, 0.2) is 23.1 Å². The molecule has 172 valence electrons. The maximum absolute atomic E-state index is 13.0. The van der Waals surface area contributed by atoms with Gasteiger partial charge in [0.05, 0.1) is 10.5 Å². The predicted octanol–water partition coefficient (Wildman–Crippen LogP) is 3.27. The lowest BCUT2D eigenvalue weighted by Crippen LogP contribution is -2.45. The highest BCUT2D eigenvalue weighted by atomic mass is 32.2. The predicted molar refractivity (Wildman–Crippen MR) is 118 cm³/mol. The van der Waals surface area contributed by atoms with E-state index in [-0.39, 0.29) is 29.0 Å². The number of aryl methyl sites for hydroxylation is 1. The Morgan fingerprint density at radius 2 is 1.81 bits per heavy atom. The number of hydrogen-bond acceptors (Lipinski definition) is 5. The highest BCUT2D eigenvalue weighted by Crippen LogP contribution is 2.29. The lowest BCUT2D eigenvalue weighted by atomic mass is 9.78. The van der Waals surface area contributed by atoms with E-state index in [1.807, 2.05) is 0 Å². The quantitative estimate of drug-likeness (QED) is 0.672. The Balaban J connectivity index is 1.63. The summed E-state index contributed by atoms with van der Waals surface area (Å²) in [7, 11) is -3.66. The third-order valence-electron chi connectivity index (χ3n) is 6.74. The number of ether oxygens (including phenoxy) is 1. The minimum absolute atomic E-state index is 0.0932. The van der Waals surface area contributed by atoms with Crippen LogP contribution in [0.4, 0.5) is 0 Å². The second kappa shape index (κ2) is 10.1. The van der Waals surface area contributed by atoms with E-state index >= 15 is 0 Å². The molecule has 1 N–H and O–H groups in total. The minimum Gasteiger partial charge on any atom is -0.452 e. The average Bonchev–Trinajstić information content (AvgIpc) is 2.76. The molecule has 0 aromatic heterocycles. The number of carbonyl (C=O) groups excluding carboxylic acids is 2. The number of piperidine rings is 1. The summed E-state index contributed by atoms with van der Waals surface area (Å²) in [5, 5.41) is 2.97. The number of benzene rings is 1.